The zero-order chi connectivity index (χ0) is 37.7. The number of hydrogen-bond acceptors (Lipinski definition) is 8. The Labute approximate surface area is 300 Å². The summed E-state index contributed by atoms with van der Waals surface area (Å²) in [4.78, 5) is 47.5. The van der Waals surface area contributed by atoms with Gasteiger partial charge in [-0.1, -0.05) is 25.5 Å². The zero-order valence-electron chi connectivity index (χ0n) is 28.3. The number of alkyl halides is 6. The summed E-state index contributed by atoms with van der Waals surface area (Å²) < 4.78 is 95.2. The number of halogens is 6. The Morgan fingerprint density at radius 3 is 2.40 bits per heavy atom. The van der Waals surface area contributed by atoms with E-state index >= 15 is 0 Å². The summed E-state index contributed by atoms with van der Waals surface area (Å²) in [6.45, 7) is 3.05. The molecule has 4 heterocycles. The molecule has 52 heavy (non-hydrogen) atoms. The Bertz CT molecular complexity index is 1730. The summed E-state index contributed by atoms with van der Waals surface area (Å²) >= 11 is 0.392. The molecular formula is C35H39F6N5O5S. The molecule has 2 N–H and O–H groups in total. The van der Waals surface area contributed by atoms with Crippen molar-refractivity contribution in [1.29, 1.82) is 0 Å². The molecule has 1 aromatic carbocycles. The number of para-hydroxylation sites is 2. The number of piperidine rings is 1. The number of likely N-dealkylation sites (tertiary alicyclic amines) is 1. The van der Waals surface area contributed by atoms with E-state index in [1.807, 2.05) is 17.0 Å². The molecule has 282 valence electrons. The molecule has 0 saturated carbocycles. The number of ether oxygens (including phenoxy) is 2. The maximum absolute atomic E-state index is 14.8. The molecule has 0 aliphatic carbocycles. The Hall–Kier alpha value is -4.54. The van der Waals surface area contributed by atoms with Gasteiger partial charge in [0.25, 0.3) is 11.8 Å². The third kappa shape index (κ3) is 8.56. The first-order valence-corrected chi connectivity index (χ1v) is 17.7. The van der Waals surface area contributed by atoms with Gasteiger partial charge in [-0.25, -0.2) is 0 Å². The van der Waals surface area contributed by atoms with Crippen LogP contribution in [0.2, 0.25) is 0 Å². The number of carbonyl (C=O) groups is 3. The number of amides is 3. The molecule has 17 heteroatoms. The lowest BCUT2D eigenvalue weighted by molar-refractivity contribution is -0.159. The van der Waals surface area contributed by atoms with Gasteiger partial charge in [0.1, 0.15) is 16.4 Å². The number of thiophene rings is 1. The number of carbonyl (C=O) groups excluding carboxylic acids is 3. The summed E-state index contributed by atoms with van der Waals surface area (Å²) in [5.74, 6) is -1.66. The van der Waals surface area contributed by atoms with Gasteiger partial charge in [-0.05, 0) is 37.5 Å². The summed E-state index contributed by atoms with van der Waals surface area (Å²) in [6.07, 6.45) is -6.53. The van der Waals surface area contributed by atoms with E-state index in [1.54, 1.807) is 19.1 Å². The third-order valence-electron chi connectivity index (χ3n) is 9.16. The number of primary amides is 1. The number of piperazine rings is 1. The topological polar surface area (TPSA) is 118 Å². The van der Waals surface area contributed by atoms with E-state index in [0.29, 0.717) is 49.1 Å². The normalized spacial score (nSPS) is 19.8. The van der Waals surface area contributed by atoms with E-state index < -0.39 is 57.7 Å². The van der Waals surface area contributed by atoms with Crippen LogP contribution in [0.25, 0.3) is 0 Å². The Morgan fingerprint density at radius 2 is 1.75 bits per heavy atom. The van der Waals surface area contributed by atoms with Crippen LogP contribution in [0, 0.1) is 0 Å². The van der Waals surface area contributed by atoms with Crippen LogP contribution >= 0.6 is 11.3 Å². The molecule has 2 atom stereocenters. The largest absolute Gasteiger partial charge is 0.491 e. The van der Waals surface area contributed by atoms with Crippen LogP contribution < -0.4 is 20.1 Å². The van der Waals surface area contributed by atoms with Crippen LogP contribution in [0.15, 0.2) is 54.2 Å². The summed E-state index contributed by atoms with van der Waals surface area (Å²) in [5, 5.41) is 1.14. The van der Waals surface area contributed by atoms with E-state index in [1.165, 1.54) is 9.80 Å². The summed E-state index contributed by atoms with van der Waals surface area (Å²) in [7, 11) is 0. The second-order valence-electron chi connectivity index (χ2n) is 12.6. The van der Waals surface area contributed by atoms with Gasteiger partial charge in [-0.2, -0.15) is 26.3 Å². The molecule has 3 aromatic rings. The van der Waals surface area contributed by atoms with E-state index in [0.717, 1.165) is 29.5 Å². The van der Waals surface area contributed by atoms with Crippen molar-refractivity contribution in [3.8, 4) is 11.5 Å². The van der Waals surface area contributed by atoms with Crippen molar-refractivity contribution in [2.45, 2.75) is 69.4 Å². The van der Waals surface area contributed by atoms with E-state index in [9.17, 15) is 40.7 Å². The number of pyridine rings is 1. The van der Waals surface area contributed by atoms with Gasteiger partial charge >= 0.3 is 12.4 Å². The lowest BCUT2D eigenvalue weighted by Gasteiger charge is -2.50. The monoisotopic (exact) mass is 755 g/mol. The minimum atomic E-state index is -4.87. The predicted molar refractivity (Wildman–Crippen MR) is 180 cm³/mol. The highest BCUT2D eigenvalue weighted by Crippen LogP contribution is 2.43. The lowest BCUT2D eigenvalue weighted by atomic mass is 9.79. The number of anilines is 1. The van der Waals surface area contributed by atoms with Crippen LogP contribution in [0.1, 0.15) is 66.2 Å². The molecule has 2 fully saturated rings. The molecule has 3 amide bonds. The summed E-state index contributed by atoms with van der Waals surface area (Å²) in [6, 6.07) is 7.66. The smallest absolute Gasteiger partial charge is 0.425 e. The maximum Gasteiger partial charge on any atom is 0.425 e. The zero-order valence-corrected chi connectivity index (χ0v) is 29.2. The second kappa shape index (κ2) is 16.0. The predicted octanol–water partition coefficient (Wildman–Crippen LogP) is 6.40. The molecular weight excluding hydrogens is 716 g/mol. The third-order valence-corrected chi connectivity index (χ3v) is 10.1. The highest BCUT2D eigenvalue weighted by Gasteiger charge is 2.56. The average molecular weight is 756 g/mol. The Morgan fingerprint density at radius 1 is 1.02 bits per heavy atom. The van der Waals surface area contributed by atoms with Crippen molar-refractivity contribution in [2.75, 3.05) is 44.2 Å². The standard InChI is InChI=1S/C35H39F6N5O5S/c1-2-7-28-33(51-23-20-29(52-22-23)35(39,40)41,12-6-14-46(28)31(48)24-21-43-13-11-25(24)34(36,37)38)32(49)45-17-15-44(16-18-45)26-8-3-4-9-27(26)50-19-5-10-30(42)47/h3-4,8-9,11,13,20-22,28H,2,5-7,10,12,14-19H2,1H3,(H2,42,47)/t28?,33-/m0/s1. The highest BCUT2D eigenvalue weighted by atomic mass is 32.1. The average Bonchev–Trinajstić information content (AvgIpc) is 3.59. The molecule has 5 rings (SSSR count). The van der Waals surface area contributed by atoms with Crippen LogP contribution in [0.4, 0.5) is 32.0 Å². The van der Waals surface area contributed by atoms with E-state index in [-0.39, 0.29) is 57.7 Å². The molecule has 10 nitrogen and oxygen atoms in total. The second-order valence-corrected chi connectivity index (χ2v) is 13.5. The van der Waals surface area contributed by atoms with Crippen molar-refractivity contribution in [2.24, 2.45) is 5.73 Å². The van der Waals surface area contributed by atoms with Gasteiger partial charge in [0.15, 0.2) is 0 Å². The van der Waals surface area contributed by atoms with Crippen molar-refractivity contribution >= 4 is 34.7 Å². The van der Waals surface area contributed by atoms with Gasteiger partial charge in [0.2, 0.25) is 11.5 Å². The Kier molecular flexibility index (Phi) is 11.9. The van der Waals surface area contributed by atoms with Crippen molar-refractivity contribution in [1.82, 2.24) is 14.8 Å². The van der Waals surface area contributed by atoms with Gasteiger partial charge in [-0.3, -0.25) is 19.4 Å². The molecule has 2 aliphatic heterocycles. The van der Waals surface area contributed by atoms with Gasteiger partial charge in [0.05, 0.1) is 29.5 Å². The number of nitrogens with two attached hydrogens (primary N) is 1. The quantitative estimate of drug-likeness (QED) is 0.168. The number of benzene rings is 1. The summed E-state index contributed by atoms with van der Waals surface area (Å²) in [5.41, 5.74) is 2.19. The van der Waals surface area contributed by atoms with E-state index in [2.05, 4.69) is 4.98 Å². The number of hydrogen-bond donors (Lipinski definition) is 1. The molecule has 0 bridgehead atoms. The number of aromatic nitrogens is 1. The first kappa shape index (κ1) is 38.7. The van der Waals surface area contributed by atoms with Crippen LogP contribution in [0.5, 0.6) is 11.5 Å². The minimum Gasteiger partial charge on any atom is -0.491 e. The van der Waals surface area contributed by atoms with Crippen LogP contribution in [-0.4, -0.2) is 83.5 Å². The van der Waals surface area contributed by atoms with Gasteiger partial charge in [0, 0.05) is 69.4 Å². The first-order valence-electron chi connectivity index (χ1n) is 16.9. The minimum absolute atomic E-state index is 0.00444. The van der Waals surface area contributed by atoms with Crippen LogP contribution in [-0.2, 0) is 21.9 Å². The van der Waals surface area contributed by atoms with Crippen molar-refractivity contribution < 1.29 is 50.2 Å². The maximum atomic E-state index is 14.8. The fourth-order valence-electron chi connectivity index (χ4n) is 6.79. The molecule has 0 spiro atoms. The number of rotatable bonds is 12. The van der Waals surface area contributed by atoms with Crippen LogP contribution in [0.3, 0.4) is 0 Å². The lowest BCUT2D eigenvalue weighted by Crippen LogP contribution is -2.69. The van der Waals surface area contributed by atoms with Gasteiger partial charge in [-0.15, -0.1) is 11.3 Å². The number of nitrogens with zero attached hydrogens (tertiary/aromatic N) is 4. The fourth-order valence-corrected chi connectivity index (χ4v) is 7.47. The molecule has 2 aliphatic rings. The molecule has 1 unspecified atom stereocenters. The SMILES string of the molecule is CCCC1N(C(=O)c2cnccc2C(F)(F)F)CCC[C@@]1(Oc1csc(C(F)(F)F)c1)C(=O)N1CCN(c2ccccc2OCCCC(N)=O)CC1. The molecule has 0 radical (unpaired) electrons. The van der Waals surface area contributed by atoms with Crippen molar-refractivity contribution in [3.63, 3.8) is 0 Å². The van der Waals surface area contributed by atoms with E-state index in [4.69, 9.17) is 15.2 Å². The van der Waals surface area contributed by atoms with Gasteiger partial charge < -0.3 is 29.9 Å². The molecule has 2 saturated heterocycles. The Balaban J connectivity index is 1.45. The molecule has 2 aromatic heterocycles. The highest BCUT2D eigenvalue weighted by molar-refractivity contribution is 7.10. The van der Waals surface area contributed by atoms with Crippen molar-refractivity contribution in [3.05, 3.63) is 70.2 Å². The fraction of sp³-hybridized carbons (Fsp3) is 0.486. The first-order chi connectivity index (χ1) is 24.7.